The Labute approximate surface area is 180 Å². The number of benzene rings is 1. The summed E-state index contributed by atoms with van der Waals surface area (Å²) in [5.74, 6) is 2.15. The molecular weight excluding hydrogens is 416 g/mol. The zero-order valence-electron chi connectivity index (χ0n) is 16.1. The lowest BCUT2D eigenvalue weighted by molar-refractivity contribution is 0.380. The van der Waals surface area contributed by atoms with Gasteiger partial charge in [-0.15, -0.1) is 21.5 Å². The van der Waals surface area contributed by atoms with Crippen LogP contribution in [0, 0.1) is 0 Å². The number of para-hydroxylation sites is 1. The third kappa shape index (κ3) is 3.05. The number of nitrogens with one attached hydrogen (secondary N) is 1. The second-order valence-electron chi connectivity index (χ2n) is 7.35. The van der Waals surface area contributed by atoms with E-state index in [4.69, 9.17) is 4.52 Å². The summed E-state index contributed by atoms with van der Waals surface area (Å²) < 4.78 is 7.81. The second kappa shape index (κ2) is 7.10. The number of fused-ring (bicyclic) bond motifs is 1. The maximum atomic E-state index is 5.54. The fraction of sp³-hybridized carbons (Fsp3) is 0.238. The fourth-order valence-electron chi connectivity index (χ4n) is 3.57. The lowest BCUT2D eigenvalue weighted by Crippen LogP contribution is -2.01. The minimum absolute atomic E-state index is 0.0243. The molecule has 0 radical (unpaired) electrons. The van der Waals surface area contributed by atoms with E-state index in [9.17, 15) is 0 Å². The number of hydrogen-bond donors (Lipinski definition) is 1. The summed E-state index contributed by atoms with van der Waals surface area (Å²) in [6, 6.07) is 12.7. The molecule has 1 aliphatic carbocycles. The van der Waals surface area contributed by atoms with E-state index in [-0.39, 0.29) is 5.25 Å². The van der Waals surface area contributed by atoms with Gasteiger partial charge in [0, 0.05) is 28.7 Å². The molecule has 30 heavy (non-hydrogen) atoms. The highest BCUT2D eigenvalue weighted by atomic mass is 32.2. The molecule has 0 spiro atoms. The second-order valence-corrected chi connectivity index (χ2v) is 9.60. The quantitative estimate of drug-likeness (QED) is 0.344. The van der Waals surface area contributed by atoms with Crippen molar-refractivity contribution in [2.45, 2.75) is 36.2 Å². The number of hydrogen-bond acceptors (Lipinski definition) is 7. The highest BCUT2D eigenvalue weighted by Crippen LogP contribution is 2.44. The molecule has 0 amide bonds. The van der Waals surface area contributed by atoms with Gasteiger partial charge in [-0.25, -0.2) is 0 Å². The van der Waals surface area contributed by atoms with Gasteiger partial charge in [0.1, 0.15) is 0 Å². The van der Waals surface area contributed by atoms with Gasteiger partial charge < -0.3 is 9.51 Å². The molecule has 5 aromatic rings. The average molecular weight is 435 g/mol. The van der Waals surface area contributed by atoms with Crippen molar-refractivity contribution in [2.24, 2.45) is 0 Å². The summed E-state index contributed by atoms with van der Waals surface area (Å²) in [4.78, 5) is 8.94. The molecule has 1 atom stereocenters. The summed E-state index contributed by atoms with van der Waals surface area (Å²) in [5.41, 5.74) is 2.19. The maximum Gasteiger partial charge on any atom is 0.240 e. The molecule has 7 nitrogen and oxygen atoms in total. The van der Waals surface area contributed by atoms with E-state index in [0.717, 1.165) is 45.2 Å². The van der Waals surface area contributed by atoms with E-state index in [1.807, 2.05) is 29.8 Å². The van der Waals surface area contributed by atoms with Gasteiger partial charge in [0.15, 0.2) is 11.0 Å². The van der Waals surface area contributed by atoms with Crippen molar-refractivity contribution >= 4 is 34.0 Å². The third-order valence-electron chi connectivity index (χ3n) is 5.22. The first-order valence-corrected chi connectivity index (χ1v) is 11.6. The summed E-state index contributed by atoms with van der Waals surface area (Å²) >= 11 is 3.21. The van der Waals surface area contributed by atoms with Crippen LogP contribution in [-0.2, 0) is 0 Å². The molecule has 0 aliphatic heterocycles. The zero-order valence-corrected chi connectivity index (χ0v) is 17.8. The van der Waals surface area contributed by atoms with Gasteiger partial charge in [-0.05, 0) is 37.3 Å². The molecule has 0 unspecified atom stereocenters. The molecule has 6 rings (SSSR count). The van der Waals surface area contributed by atoms with Crippen LogP contribution >= 0.6 is 23.1 Å². The minimum atomic E-state index is -0.0243. The van der Waals surface area contributed by atoms with Crippen LogP contribution in [0.25, 0.3) is 33.0 Å². The van der Waals surface area contributed by atoms with Gasteiger partial charge in [-0.2, -0.15) is 4.98 Å². The average Bonchev–Trinajstić information content (AvgIpc) is 3.24. The number of nitrogens with zero attached hydrogens (tertiary/aromatic N) is 5. The first kappa shape index (κ1) is 17.9. The van der Waals surface area contributed by atoms with Crippen LogP contribution in [0.3, 0.4) is 0 Å². The van der Waals surface area contributed by atoms with E-state index in [2.05, 4.69) is 55.0 Å². The van der Waals surface area contributed by atoms with E-state index in [0.29, 0.717) is 17.8 Å². The summed E-state index contributed by atoms with van der Waals surface area (Å²) in [6.45, 7) is 2.06. The first-order chi connectivity index (χ1) is 14.8. The molecule has 4 heterocycles. The monoisotopic (exact) mass is 434 g/mol. The third-order valence-corrected chi connectivity index (χ3v) is 7.13. The molecular formula is C21H18N6OS2. The van der Waals surface area contributed by atoms with E-state index in [1.54, 1.807) is 23.1 Å². The van der Waals surface area contributed by atoms with Crippen LogP contribution in [0.4, 0.5) is 0 Å². The topological polar surface area (TPSA) is 85.4 Å². The predicted molar refractivity (Wildman–Crippen MR) is 117 cm³/mol. The van der Waals surface area contributed by atoms with E-state index >= 15 is 0 Å². The van der Waals surface area contributed by atoms with Crippen LogP contribution in [0.15, 0.2) is 57.7 Å². The molecule has 0 saturated heterocycles. The zero-order chi connectivity index (χ0) is 20.1. The largest absolute Gasteiger partial charge is 0.360 e. The van der Waals surface area contributed by atoms with Crippen molar-refractivity contribution in [2.75, 3.05) is 0 Å². The smallest absolute Gasteiger partial charge is 0.240 e. The SMILES string of the molecule is C[C@H](Sc1nnc(-c2c[nH]c3ccccc23)n1C1CC1)c1nc(-c2cccs2)no1. The van der Waals surface area contributed by atoms with Gasteiger partial charge >= 0.3 is 0 Å². The number of aromatic nitrogens is 6. The molecule has 9 heteroatoms. The Bertz CT molecular complexity index is 1310. The van der Waals surface area contributed by atoms with Gasteiger partial charge in [0.05, 0.1) is 10.1 Å². The van der Waals surface area contributed by atoms with E-state index < -0.39 is 0 Å². The molecule has 1 aliphatic rings. The van der Waals surface area contributed by atoms with Gasteiger partial charge in [0.2, 0.25) is 11.7 Å². The summed E-state index contributed by atoms with van der Waals surface area (Å²) in [7, 11) is 0. The normalized spacial score (nSPS) is 15.1. The lowest BCUT2D eigenvalue weighted by Gasteiger charge is -2.10. The van der Waals surface area contributed by atoms with Crippen LogP contribution in [0.1, 0.15) is 36.9 Å². The molecule has 0 bridgehead atoms. The number of H-pyrrole nitrogens is 1. The fourth-order valence-corrected chi connectivity index (χ4v) is 5.17. The number of thiophene rings is 1. The number of rotatable bonds is 6. The standard InChI is InChI=1S/C21H18N6OS2/c1-12(20-23-18(26-28-20)17-7-4-10-29-17)30-21-25-24-19(27(21)13-8-9-13)15-11-22-16-6-3-2-5-14(15)16/h2-7,10-13,22H,8-9H2,1H3/t12-/m0/s1. The molecule has 1 N–H and O–H groups in total. The summed E-state index contributed by atoms with van der Waals surface area (Å²) in [5, 5.41) is 17.3. The Hall–Kier alpha value is -2.91. The minimum Gasteiger partial charge on any atom is -0.360 e. The van der Waals surface area contributed by atoms with Crippen molar-refractivity contribution < 1.29 is 4.52 Å². The van der Waals surface area contributed by atoms with Crippen molar-refractivity contribution in [3.63, 3.8) is 0 Å². The van der Waals surface area contributed by atoms with Crippen LogP contribution < -0.4 is 0 Å². The lowest BCUT2D eigenvalue weighted by atomic mass is 10.1. The summed E-state index contributed by atoms with van der Waals surface area (Å²) in [6.07, 6.45) is 4.33. The molecule has 4 aromatic heterocycles. The van der Waals surface area contributed by atoms with Crippen LogP contribution in [-0.4, -0.2) is 29.9 Å². The molecule has 1 saturated carbocycles. The molecule has 1 fully saturated rings. The van der Waals surface area contributed by atoms with Crippen LogP contribution in [0.5, 0.6) is 0 Å². The highest BCUT2D eigenvalue weighted by molar-refractivity contribution is 7.99. The van der Waals surface area contributed by atoms with Crippen LogP contribution in [0.2, 0.25) is 0 Å². The first-order valence-electron chi connectivity index (χ1n) is 9.83. The number of aromatic amines is 1. The van der Waals surface area contributed by atoms with Crippen molar-refractivity contribution in [3.05, 3.63) is 53.9 Å². The van der Waals surface area contributed by atoms with Crippen molar-refractivity contribution in [1.29, 1.82) is 0 Å². The van der Waals surface area contributed by atoms with Crippen molar-refractivity contribution in [3.8, 4) is 22.1 Å². The Balaban J connectivity index is 1.33. The van der Waals surface area contributed by atoms with Crippen molar-refractivity contribution in [1.82, 2.24) is 29.9 Å². The number of thioether (sulfide) groups is 1. The Kier molecular flexibility index (Phi) is 4.24. The molecule has 150 valence electrons. The highest BCUT2D eigenvalue weighted by Gasteiger charge is 2.32. The van der Waals surface area contributed by atoms with Gasteiger partial charge in [-0.3, -0.25) is 4.57 Å². The Morgan fingerprint density at radius 1 is 1.20 bits per heavy atom. The van der Waals surface area contributed by atoms with Gasteiger partial charge in [-0.1, -0.05) is 41.2 Å². The Morgan fingerprint density at radius 3 is 2.93 bits per heavy atom. The maximum absolute atomic E-state index is 5.54. The Morgan fingerprint density at radius 2 is 2.10 bits per heavy atom. The predicted octanol–water partition coefficient (Wildman–Crippen LogP) is 5.73. The van der Waals surface area contributed by atoms with E-state index in [1.165, 1.54) is 0 Å². The molecule has 1 aromatic carbocycles. The van der Waals surface area contributed by atoms with Gasteiger partial charge in [0.25, 0.3) is 0 Å².